The van der Waals surface area contributed by atoms with E-state index in [4.69, 9.17) is 5.73 Å². The van der Waals surface area contributed by atoms with Crippen LogP contribution < -0.4 is 10.5 Å². The van der Waals surface area contributed by atoms with E-state index in [2.05, 4.69) is 35.8 Å². The van der Waals surface area contributed by atoms with Gasteiger partial charge < -0.3 is 5.73 Å². The summed E-state index contributed by atoms with van der Waals surface area (Å²) in [6, 6.07) is 3.28. The molecule has 0 spiro atoms. The fourth-order valence-electron chi connectivity index (χ4n) is 1.47. The monoisotopic (exact) mass is 345 g/mol. The lowest BCUT2D eigenvalue weighted by Gasteiger charge is -2.08. The predicted octanol–water partition coefficient (Wildman–Crippen LogP) is 1.14. The van der Waals surface area contributed by atoms with Crippen molar-refractivity contribution in [1.29, 1.82) is 0 Å². The molecule has 0 amide bonds. The Labute approximate surface area is 118 Å². The molecule has 0 atom stereocenters. The summed E-state index contributed by atoms with van der Waals surface area (Å²) in [6.45, 7) is 1.85. The van der Waals surface area contributed by atoms with E-state index in [0.29, 0.717) is 11.3 Å². The largest absolute Gasteiger partial charge is 0.326 e. The number of rotatable bonds is 4. The summed E-state index contributed by atoms with van der Waals surface area (Å²) in [6.07, 6.45) is 1.38. The number of aromatic amines is 1. The summed E-state index contributed by atoms with van der Waals surface area (Å²) >= 11 is 3.30. The van der Waals surface area contributed by atoms with Gasteiger partial charge in [0.2, 0.25) is 0 Å². The zero-order valence-corrected chi connectivity index (χ0v) is 12.4. The Morgan fingerprint density at radius 3 is 2.84 bits per heavy atom. The molecule has 4 N–H and O–H groups in total. The molecule has 102 valence electrons. The number of hydrogen-bond donors (Lipinski definition) is 3. The first-order valence-electron chi connectivity index (χ1n) is 5.32. The van der Waals surface area contributed by atoms with Gasteiger partial charge >= 0.3 is 0 Å². The molecule has 0 aliphatic heterocycles. The smallest absolute Gasteiger partial charge is 0.280 e. The molecule has 0 radical (unpaired) electrons. The summed E-state index contributed by atoms with van der Waals surface area (Å²) in [5.41, 5.74) is 6.56. The number of anilines is 1. The van der Waals surface area contributed by atoms with E-state index >= 15 is 0 Å². The van der Waals surface area contributed by atoms with Gasteiger partial charge in [-0.05, 0) is 35.0 Å². The van der Waals surface area contributed by atoms with Crippen LogP contribution in [0.5, 0.6) is 0 Å². The molecule has 2 heterocycles. The van der Waals surface area contributed by atoms with Gasteiger partial charge in [0.25, 0.3) is 10.0 Å². The molecule has 0 aliphatic rings. The van der Waals surface area contributed by atoms with Crippen molar-refractivity contribution in [2.45, 2.75) is 18.5 Å². The quantitative estimate of drug-likeness (QED) is 0.768. The first kappa shape index (κ1) is 14.0. The Kier molecular flexibility index (Phi) is 3.88. The number of aromatic nitrogens is 3. The maximum atomic E-state index is 12.1. The maximum Gasteiger partial charge on any atom is 0.280 e. The van der Waals surface area contributed by atoms with Crippen LogP contribution in [0.4, 0.5) is 5.82 Å². The van der Waals surface area contributed by atoms with Crippen LogP contribution in [0, 0.1) is 6.92 Å². The fraction of sp³-hybridized carbons (Fsp3) is 0.200. The van der Waals surface area contributed by atoms with Crippen molar-refractivity contribution in [3.63, 3.8) is 0 Å². The second kappa shape index (κ2) is 5.27. The highest BCUT2D eigenvalue weighted by Crippen LogP contribution is 2.19. The molecule has 7 nitrogen and oxygen atoms in total. The van der Waals surface area contributed by atoms with E-state index in [0.717, 1.165) is 4.47 Å². The van der Waals surface area contributed by atoms with Gasteiger partial charge in [-0.25, -0.2) is 4.98 Å². The lowest BCUT2D eigenvalue weighted by Crippen LogP contribution is -2.17. The summed E-state index contributed by atoms with van der Waals surface area (Å²) in [5, 5.41) is 6.06. The number of H-pyrrole nitrogens is 1. The van der Waals surface area contributed by atoms with Crippen molar-refractivity contribution >= 4 is 31.8 Å². The standard InChI is InChI=1S/C10H12BrN5O2S/c1-6-8(11)2-3-9(14-6)16-19(17,18)10-7(4-12)5-13-15-10/h2-3,5H,4,12H2,1H3,(H,13,15)(H,14,16). The van der Waals surface area contributed by atoms with E-state index in [1.807, 2.05) is 0 Å². The number of aryl methyl sites for hydroxylation is 1. The summed E-state index contributed by atoms with van der Waals surface area (Å²) in [5.74, 6) is 0.235. The summed E-state index contributed by atoms with van der Waals surface area (Å²) in [7, 11) is -3.77. The molecule has 0 aromatic carbocycles. The third kappa shape index (κ3) is 2.94. The van der Waals surface area contributed by atoms with Gasteiger partial charge in [0, 0.05) is 16.6 Å². The van der Waals surface area contributed by atoms with Gasteiger partial charge in [-0.3, -0.25) is 9.82 Å². The number of nitrogens with zero attached hydrogens (tertiary/aromatic N) is 2. The molecular formula is C10H12BrN5O2S. The molecule has 0 aliphatic carbocycles. The summed E-state index contributed by atoms with van der Waals surface area (Å²) in [4.78, 5) is 4.12. The first-order chi connectivity index (χ1) is 8.94. The maximum absolute atomic E-state index is 12.1. The van der Waals surface area contributed by atoms with Gasteiger partial charge in [-0.1, -0.05) is 0 Å². The first-order valence-corrected chi connectivity index (χ1v) is 7.60. The van der Waals surface area contributed by atoms with E-state index < -0.39 is 10.0 Å². The second-order valence-electron chi connectivity index (χ2n) is 3.80. The number of nitrogens with one attached hydrogen (secondary N) is 2. The van der Waals surface area contributed by atoms with Crippen molar-refractivity contribution in [3.8, 4) is 0 Å². The van der Waals surface area contributed by atoms with Crippen LogP contribution in [0.2, 0.25) is 0 Å². The average Bonchev–Trinajstić information content (AvgIpc) is 2.82. The van der Waals surface area contributed by atoms with Gasteiger partial charge in [0.15, 0.2) is 5.03 Å². The minimum absolute atomic E-state index is 0.0441. The third-order valence-corrected chi connectivity index (χ3v) is 4.63. The Balaban J connectivity index is 2.34. The molecule has 9 heteroatoms. The van der Waals surface area contributed by atoms with E-state index in [9.17, 15) is 8.42 Å². The minimum atomic E-state index is -3.77. The fourth-order valence-corrected chi connectivity index (χ4v) is 2.83. The molecular weight excluding hydrogens is 334 g/mol. The van der Waals surface area contributed by atoms with Crippen LogP contribution in [-0.4, -0.2) is 23.6 Å². The zero-order valence-electron chi connectivity index (χ0n) is 10.0. The van der Waals surface area contributed by atoms with Crippen LogP contribution in [0.1, 0.15) is 11.3 Å². The molecule has 0 saturated carbocycles. The zero-order chi connectivity index (χ0) is 14.0. The Morgan fingerprint density at radius 1 is 1.47 bits per heavy atom. The SMILES string of the molecule is Cc1nc(NS(=O)(=O)c2[nH]ncc2CN)ccc1Br. The van der Waals surface area contributed by atoms with Crippen molar-refractivity contribution in [1.82, 2.24) is 15.2 Å². The van der Waals surface area contributed by atoms with E-state index in [1.165, 1.54) is 6.20 Å². The van der Waals surface area contributed by atoms with Crippen molar-refractivity contribution < 1.29 is 8.42 Å². The molecule has 2 aromatic rings. The van der Waals surface area contributed by atoms with Crippen molar-refractivity contribution in [2.75, 3.05) is 4.72 Å². The van der Waals surface area contributed by atoms with Gasteiger partial charge in [-0.15, -0.1) is 0 Å². The number of hydrogen-bond acceptors (Lipinski definition) is 5. The van der Waals surface area contributed by atoms with Gasteiger partial charge in [-0.2, -0.15) is 13.5 Å². The predicted molar refractivity (Wildman–Crippen MR) is 74.0 cm³/mol. The molecule has 0 unspecified atom stereocenters. The molecule has 19 heavy (non-hydrogen) atoms. The highest BCUT2D eigenvalue weighted by atomic mass is 79.9. The Hall–Kier alpha value is -1.45. The van der Waals surface area contributed by atoms with E-state index in [-0.39, 0.29) is 17.4 Å². The Bertz CT molecular complexity index is 698. The molecule has 2 aromatic heterocycles. The minimum Gasteiger partial charge on any atom is -0.326 e. The molecule has 0 fully saturated rings. The van der Waals surface area contributed by atoms with Crippen molar-refractivity contribution in [3.05, 3.63) is 34.1 Å². The number of sulfonamides is 1. The molecule has 0 bridgehead atoms. The normalized spacial score (nSPS) is 11.5. The van der Waals surface area contributed by atoms with Crippen LogP contribution >= 0.6 is 15.9 Å². The van der Waals surface area contributed by atoms with Crippen LogP contribution in [-0.2, 0) is 16.6 Å². The topological polar surface area (TPSA) is 114 Å². The van der Waals surface area contributed by atoms with Crippen LogP contribution in [0.25, 0.3) is 0 Å². The average molecular weight is 346 g/mol. The third-order valence-electron chi connectivity index (χ3n) is 2.43. The molecule has 0 saturated heterocycles. The number of halogens is 1. The lowest BCUT2D eigenvalue weighted by atomic mass is 10.4. The van der Waals surface area contributed by atoms with Crippen LogP contribution in [0.3, 0.4) is 0 Å². The van der Waals surface area contributed by atoms with Gasteiger partial charge in [0.1, 0.15) is 5.82 Å². The van der Waals surface area contributed by atoms with Crippen molar-refractivity contribution in [2.24, 2.45) is 5.73 Å². The molecule has 2 rings (SSSR count). The second-order valence-corrected chi connectivity index (χ2v) is 6.27. The highest BCUT2D eigenvalue weighted by Gasteiger charge is 2.20. The summed E-state index contributed by atoms with van der Waals surface area (Å²) < 4.78 is 27.5. The highest BCUT2D eigenvalue weighted by molar-refractivity contribution is 9.10. The van der Waals surface area contributed by atoms with Crippen LogP contribution in [0.15, 0.2) is 27.8 Å². The Morgan fingerprint density at radius 2 is 2.21 bits per heavy atom. The van der Waals surface area contributed by atoms with Gasteiger partial charge in [0.05, 0.1) is 11.9 Å². The van der Waals surface area contributed by atoms with E-state index in [1.54, 1.807) is 19.1 Å². The lowest BCUT2D eigenvalue weighted by molar-refractivity contribution is 0.595. The number of pyridine rings is 1. The number of nitrogens with two attached hydrogens (primary N) is 1.